The summed E-state index contributed by atoms with van der Waals surface area (Å²) < 4.78 is 22.0. The summed E-state index contributed by atoms with van der Waals surface area (Å²) in [5, 5.41) is 8.07. The molecule has 2 heterocycles. The molecule has 1 aromatic heterocycles. The summed E-state index contributed by atoms with van der Waals surface area (Å²) in [6.45, 7) is 1.42. The lowest BCUT2D eigenvalue weighted by Crippen LogP contribution is -2.32. The van der Waals surface area contributed by atoms with E-state index in [0.29, 0.717) is 39.5 Å². The van der Waals surface area contributed by atoms with Crippen LogP contribution in [0, 0.1) is 0 Å². The van der Waals surface area contributed by atoms with Gasteiger partial charge in [0, 0.05) is 19.3 Å². The molecule has 0 unspecified atom stereocenters. The molecule has 11 heteroatoms. The van der Waals surface area contributed by atoms with E-state index < -0.39 is 5.91 Å². The average molecular weight is 458 g/mol. The van der Waals surface area contributed by atoms with E-state index >= 15 is 0 Å². The Kier molecular flexibility index (Phi) is 9.43. The molecule has 176 valence electrons. The number of anilines is 1. The summed E-state index contributed by atoms with van der Waals surface area (Å²) in [6, 6.07) is 9.71. The molecule has 0 saturated carbocycles. The number of hydrogen-bond acceptors (Lipinski definition) is 8. The summed E-state index contributed by atoms with van der Waals surface area (Å²) in [7, 11) is 0. The monoisotopic (exact) mass is 458 g/mol. The van der Waals surface area contributed by atoms with Crippen molar-refractivity contribution < 1.29 is 33.3 Å². The molecular weight excluding hydrogens is 432 g/mol. The van der Waals surface area contributed by atoms with Crippen molar-refractivity contribution in [2.45, 2.75) is 0 Å². The third-order valence-electron chi connectivity index (χ3n) is 4.35. The van der Waals surface area contributed by atoms with Crippen molar-refractivity contribution in [2.24, 2.45) is 0 Å². The molecule has 0 atom stereocenters. The van der Waals surface area contributed by atoms with Crippen LogP contribution in [0.15, 0.2) is 42.6 Å². The van der Waals surface area contributed by atoms with Gasteiger partial charge in [0.1, 0.15) is 22.9 Å². The van der Waals surface area contributed by atoms with E-state index in [1.54, 1.807) is 36.4 Å². The Bertz CT molecular complexity index is 893. The van der Waals surface area contributed by atoms with Crippen LogP contribution in [-0.2, 0) is 19.1 Å². The van der Waals surface area contributed by atoms with Crippen LogP contribution < -0.4 is 25.4 Å². The van der Waals surface area contributed by atoms with E-state index in [1.165, 1.54) is 6.20 Å². The third kappa shape index (κ3) is 8.05. The van der Waals surface area contributed by atoms with Crippen LogP contribution in [0.3, 0.4) is 0 Å². The second-order valence-corrected chi connectivity index (χ2v) is 6.80. The van der Waals surface area contributed by atoms with Gasteiger partial charge in [-0.05, 0) is 24.3 Å². The van der Waals surface area contributed by atoms with Crippen LogP contribution in [-0.4, -0.2) is 75.4 Å². The number of hydrogen-bond donors (Lipinski definition) is 3. The molecular formula is C22H26N4O7. The number of amides is 3. The van der Waals surface area contributed by atoms with Crippen LogP contribution in [0.1, 0.15) is 10.5 Å². The summed E-state index contributed by atoms with van der Waals surface area (Å²) in [6.07, 6.45) is 1.49. The summed E-state index contributed by atoms with van der Waals surface area (Å²) in [4.78, 5) is 40.9. The molecule has 3 amide bonds. The maximum Gasteiger partial charge on any atom is 0.274 e. The number of benzene rings is 1. The Morgan fingerprint density at radius 1 is 0.818 bits per heavy atom. The molecule has 11 nitrogen and oxygen atoms in total. The van der Waals surface area contributed by atoms with E-state index in [2.05, 4.69) is 20.9 Å². The Labute approximate surface area is 190 Å². The minimum absolute atomic E-state index is 0.179. The first-order valence-electron chi connectivity index (χ1n) is 10.4. The van der Waals surface area contributed by atoms with Crippen molar-refractivity contribution in [3.63, 3.8) is 0 Å². The quantitative estimate of drug-likeness (QED) is 0.587. The number of rotatable bonds is 2. The predicted molar refractivity (Wildman–Crippen MR) is 117 cm³/mol. The molecule has 3 rings (SSSR count). The standard InChI is InChI=1S/C22H26N4O7/c27-19-14-32-17-5-3-6-18(21(17)26-22(29)16-4-1-2-7-23-16)33-15-20(28)25-9-11-31-13-12-30-10-8-24-19/h1-7H,8-15H2,(H,24,27)(H,25,28)(H,26,29). The minimum atomic E-state index is -0.502. The summed E-state index contributed by atoms with van der Waals surface area (Å²) >= 11 is 0. The first-order chi connectivity index (χ1) is 16.1. The topological polar surface area (TPSA) is 137 Å². The molecule has 0 aliphatic carbocycles. The normalized spacial score (nSPS) is 16.5. The first-order valence-corrected chi connectivity index (χ1v) is 10.4. The third-order valence-corrected chi connectivity index (χ3v) is 4.35. The van der Waals surface area contributed by atoms with Gasteiger partial charge in [-0.3, -0.25) is 19.4 Å². The number of pyridine rings is 1. The van der Waals surface area contributed by atoms with Crippen LogP contribution in [0.5, 0.6) is 11.5 Å². The summed E-state index contributed by atoms with van der Waals surface area (Å²) in [5.41, 5.74) is 0.359. The zero-order valence-electron chi connectivity index (χ0n) is 18.0. The van der Waals surface area contributed by atoms with E-state index in [0.717, 1.165) is 0 Å². The highest BCUT2D eigenvalue weighted by molar-refractivity contribution is 6.04. The second kappa shape index (κ2) is 13.0. The number of carbonyl (C=O) groups is 3. The molecule has 0 radical (unpaired) electrons. The molecule has 0 saturated heterocycles. The van der Waals surface area contributed by atoms with E-state index in [4.69, 9.17) is 18.9 Å². The SMILES string of the molecule is O=C1COc2cccc(c2NC(=O)c2ccccn2)OCC(=O)NCCOCCOCCN1. The van der Waals surface area contributed by atoms with Gasteiger partial charge in [-0.25, -0.2) is 0 Å². The van der Waals surface area contributed by atoms with Gasteiger partial charge in [-0.1, -0.05) is 12.1 Å². The molecule has 0 fully saturated rings. The van der Waals surface area contributed by atoms with Crippen LogP contribution in [0.25, 0.3) is 0 Å². The number of ether oxygens (including phenoxy) is 4. The zero-order chi connectivity index (χ0) is 23.3. The van der Waals surface area contributed by atoms with Gasteiger partial charge in [0.2, 0.25) is 0 Å². The van der Waals surface area contributed by atoms with Gasteiger partial charge in [0.25, 0.3) is 17.7 Å². The maximum absolute atomic E-state index is 12.7. The van der Waals surface area contributed by atoms with Crippen molar-refractivity contribution in [3.05, 3.63) is 48.3 Å². The van der Waals surface area contributed by atoms with Crippen LogP contribution in [0.4, 0.5) is 5.69 Å². The van der Waals surface area contributed by atoms with Crippen molar-refractivity contribution in [3.8, 4) is 11.5 Å². The number of nitrogens with one attached hydrogen (secondary N) is 3. The molecule has 1 aliphatic heterocycles. The fourth-order valence-corrected chi connectivity index (χ4v) is 2.79. The van der Waals surface area contributed by atoms with E-state index in [1.807, 2.05) is 0 Å². The van der Waals surface area contributed by atoms with Crippen molar-refractivity contribution >= 4 is 23.4 Å². The maximum atomic E-state index is 12.7. The zero-order valence-corrected chi connectivity index (χ0v) is 18.0. The van der Waals surface area contributed by atoms with Gasteiger partial charge in [0.05, 0.1) is 26.4 Å². The Hall–Kier alpha value is -3.70. The second-order valence-electron chi connectivity index (χ2n) is 6.80. The summed E-state index contributed by atoms with van der Waals surface area (Å²) in [5.74, 6) is -0.816. The number of nitrogens with zero attached hydrogens (tertiary/aromatic N) is 1. The molecule has 2 aromatic rings. The van der Waals surface area contributed by atoms with E-state index in [9.17, 15) is 14.4 Å². The smallest absolute Gasteiger partial charge is 0.274 e. The molecule has 3 N–H and O–H groups in total. The average Bonchev–Trinajstić information content (AvgIpc) is 2.83. The molecule has 33 heavy (non-hydrogen) atoms. The van der Waals surface area contributed by atoms with Crippen LogP contribution in [0.2, 0.25) is 0 Å². The number of fused-ring (bicyclic) bond motifs is 2. The highest BCUT2D eigenvalue weighted by Gasteiger charge is 2.18. The molecule has 1 aromatic carbocycles. The van der Waals surface area contributed by atoms with Gasteiger partial charge < -0.3 is 34.9 Å². The van der Waals surface area contributed by atoms with Crippen molar-refractivity contribution in [1.29, 1.82) is 0 Å². The van der Waals surface area contributed by atoms with Gasteiger partial charge in [-0.15, -0.1) is 0 Å². The molecule has 0 spiro atoms. The Balaban J connectivity index is 1.77. The highest BCUT2D eigenvalue weighted by atomic mass is 16.5. The van der Waals surface area contributed by atoms with Crippen molar-refractivity contribution in [1.82, 2.24) is 15.6 Å². The Morgan fingerprint density at radius 3 is 1.97 bits per heavy atom. The van der Waals surface area contributed by atoms with Gasteiger partial charge >= 0.3 is 0 Å². The lowest BCUT2D eigenvalue weighted by atomic mass is 10.2. The van der Waals surface area contributed by atoms with E-state index in [-0.39, 0.29) is 47.9 Å². The molecule has 1 aliphatic rings. The molecule has 2 bridgehead atoms. The van der Waals surface area contributed by atoms with Crippen LogP contribution >= 0.6 is 0 Å². The predicted octanol–water partition coefficient (Wildman–Crippen LogP) is 0.371. The number of carbonyl (C=O) groups excluding carboxylic acids is 3. The first kappa shape index (κ1) is 24.0. The fourth-order valence-electron chi connectivity index (χ4n) is 2.79. The van der Waals surface area contributed by atoms with Gasteiger partial charge in [0.15, 0.2) is 13.2 Å². The lowest BCUT2D eigenvalue weighted by Gasteiger charge is -2.17. The minimum Gasteiger partial charge on any atom is -0.481 e. The fraction of sp³-hybridized carbons (Fsp3) is 0.364. The number of aromatic nitrogens is 1. The number of para-hydroxylation sites is 1. The lowest BCUT2D eigenvalue weighted by molar-refractivity contribution is -0.124. The Morgan fingerprint density at radius 2 is 1.42 bits per heavy atom. The highest BCUT2D eigenvalue weighted by Crippen LogP contribution is 2.35. The largest absolute Gasteiger partial charge is 0.481 e. The van der Waals surface area contributed by atoms with Gasteiger partial charge in [-0.2, -0.15) is 0 Å². The van der Waals surface area contributed by atoms with Crippen molar-refractivity contribution in [2.75, 3.05) is 58.0 Å².